The summed E-state index contributed by atoms with van der Waals surface area (Å²) in [7, 11) is 1.36. The summed E-state index contributed by atoms with van der Waals surface area (Å²) in [5.41, 5.74) is 0.945. The highest BCUT2D eigenvalue weighted by molar-refractivity contribution is 6.30. The Morgan fingerprint density at radius 1 is 1.33 bits per heavy atom. The van der Waals surface area contributed by atoms with Crippen molar-refractivity contribution < 1.29 is 14.5 Å². The van der Waals surface area contributed by atoms with Gasteiger partial charge in [-0.25, -0.2) is 0 Å². The predicted molar refractivity (Wildman–Crippen MR) is 105 cm³/mol. The van der Waals surface area contributed by atoms with Crippen LogP contribution in [0.2, 0.25) is 5.02 Å². The fraction of sp³-hybridized carbons (Fsp3) is 0.278. The van der Waals surface area contributed by atoms with Crippen molar-refractivity contribution in [3.63, 3.8) is 0 Å². The molecule has 1 heterocycles. The van der Waals surface area contributed by atoms with Gasteiger partial charge >= 0.3 is 5.69 Å². The highest BCUT2D eigenvalue weighted by atomic mass is 35.5. The molecule has 0 spiro atoms. The van der Waals surface area contributed by atoms with Crippen molar-refractivity contribution in [2.75, 3.05) is 26.7 Å². The second-order valence-electron chi connectivity index (χ2n) is 5.92. The molecule has 144 valence electrons. The monoisotopic (exact) mass is 411 g/mol. The number of ether oxygens (including phenoxy) is 1. The number of hydrogen-bond acceptors (Lipinski definition) is 5. The minimum Gasteiger partial charge on any atom is -0.490 e. The lowest BCUT2D eigenvalue weighted by atomic mass is 10.0. The van der Waals surface area contributed by atoms with Crippen LogP contribution in [0.1, 0.15) is 22.0 Å². The third kappa shape index (κ3) is 4.50. The Kier molecular flexibility index (Phi) is 7.01. The summed E-state index contributed by atoms with van der Waals surface area (Å²) in [6.45, 7) is 1.74. The molecule has 2 aromatic rings. The fourth-order valence-electron chi connectivity index (χ4n) is 3.09. The summed E-state index contributed by atoms with van der Waals surface area (Å²) >= 11 is 6.08. The quantitative estimate of drug-likeness (QED) is 0.614. The molecule has 0 aliphatic carbocycles. The zero-order valence-corrected chi connectivity index (χ0v) is 16.1. The molecular formula is C18H19Cl2N3O4. The number of carbonyl (C=O) groups excluding carboxylic acids is 1. The number of hydrogen-bond donors (Lipinski definition) is 1. The van der Waals surface area contributed by atoms with Crippen molar-refractivity contribution in [3.8, 4) is 5.75 Å². The van der Waals surface area contributed by atoms with Crippen LogP contribution < -0.4 is 10.1 Å². The van der Waals surface area contributed by atoms with Crippen LogP contribution in [0, 0.1) is 10.1 Å². The number of rotatable bonds is 4. The normalized spacial score (nSPS) is 16.4. The topological polar surface area (TPSA) is 84.7 Å². The van der Waals surface area contributed by atoms with Crippen LogP contribution in [0.4, 0.5) is 5.69 Å². The van der Waals surface area contributed by atoms with Gasteiger partial charge in [-0.15, -0.1) is 12.4 Å². The van der Waals surface area contributed by atoms with Gasteiger partial charge in [0.25, 0.3) is 5.91 Å². The summed E-state index contributed by atoms with van der Waals surface area (Å²) in [4.78, 5) is 25.4. The Morgan fingerprint density at radius 2 is 2.11 bits per heavy atom. The first-order chi connectivity index (χ1) is 12.5. The van der Waals surface area contributed by atoms with E-state index in [1.807, 2.05) is 18.2 Å². The number of nitro benzene ring substituents is 1. The van der Waals surface area contributed by atoms with Gasteiger partial charge in [0.15, 0.2) is 5.75 Å². The number of methoxy groups -OCH3 is 1. The molecule has 1 fully saturated rings. The van der Waals surface area contributed by atoms with Crippen LogP contribution in [0.15, 0.2) is 42.5 Å². The van der Waals surface area contributed by atoms with Crippen molar-refractivity contribution in [2.45, 2.75) is 6.04 Å². The number of piperazine rings is 1. The molecule has 27 heavy (non-hydrogen) atoms. The van der Waals surface area contributed by atoms with Gasteiger partial charge in [0.1, 0.15) is 0 Å². The van der Waals surface area contributed by atoms with Crippen LogP contribution >= 0.6 is 24.0 Å². The van der Waals surface area contributed by atoms with Gasteiger partial charge in [-0.2, -0.15) is 0 Å². The molecule has 0 saturated carbocycles. The average Bonchev–Trinajstić information content (AvgIpc) is 2.66. The Balaban J connectivity index is 0.00000261. The lowest BCUT2D eigenvalue weighted by Crippen LogP contribution is -2.48. The number of benzene rings is 2. The molecule has 9 heteroatoms. The molecule has 1 aliphatic rings. The number of carbonyl (C=O) groups is 1. The molecular weight excluding hydrogens is 393 g/mol. The first kappa shape index (κ1) is 21.0. The predicted octanol–water partition coefficient (Wildman–Crippen LogP) is 3.47. The van der Waals surface area contributed by atoms with E-state index in [-0.39, 0.29) is 41.4 Å². The summed E-state index contributed by atoms with van der Waals surface area (Å²) in [5, 5.41) is 15.1. The standard InChI is InChI=1S/C18H18ClN3O4.ClH/c1-26-17-6-5-13(10-15(17)22(24)25)18(23)21-8-7-20-11-16(21)12-3-2-4-14(19)9-12;/h2-6,9-10,16,20H,7-8,11H2,1H3;1H. The summed E-state index contributed by atoms with van der Waals surface area (Å²) in [5.74, 6) is -0.138. The van der Waals surface area contributed by atoms with Gasteiger partial charge in [-0.1, -0.05) is 23.7 Å². The zero-order valence-electron chi connectivity index (χ0n) is 14.6. The van der Waals surface area contributed by atoms with E-state index >= 15 is 0 Å². The minimum atomic E-state index is -0.554. The van der Waals surface area contributed by atoms with Gasteiger partial charge in [-0.3, -0.25) is 14.9 Å². The lowest BCUT2D eigenvalue weighted by molar-refractivity contribution is -0.385. The molecule has 0 bridgehead atoms. The van der Waals surface area contributed by atoms with Crippen LogP contribution in [-0.4, -0.2) is 42.5 Å². The SMILES string of the molecule is COc1ccc(C(=O)N2CCNCC2c2cccc(Cl)c2)cc1[N+](=O)[O-].Cl. The fourth-order valence-corrected chi connectivity index (χ4v) is 3.29. The van der Waals surface area contributed by atoms with Gasteiger partial charge in [0.05, 0.1) is 18.1 Å². The highest BCUT2D eigenvalue weighted by Crippen LogP contribution is 2.30. The maximum atomic E-state index is 13.0. The van der Waals surface area contributed by atoms with E-state index in [0.717, 1.165) is 5.56 Å². The van der Waals surface area contributed by atoms with E-state index in [0.29, 0.717) is 24.7 Å². The molecule has 1 saturated heterocycles. The van der Waals surface area contributed by atoms with Crippen molar-refractivity contribution in [3.05, 3.63) is 68.7 Å². The smallest absolute Gasteiger partial charge is 0.311 e. The van der Waals surface area contributed by atoms with Gasteiger partial charge in [0.2, 0.25) is 0 Å². The summed E-state index contributed by atoms with van der Waals surface area (Å²) in [6.07, 6.45) is 0. The molecule has 1 atom stereocenters. The van der Waals surface area contributed by atoms with Crippen molar-refractivity contribution >= 4 is 35.6 Å². The van der Waals surface area contributed by atoms with Crippen LogP contribution in [0.5, 0.6) is 5.75 Å². The maximum absolute atomic E-state index is 13.0. The first-order valence-corrected chi connectivity index (χ1v) is 8.48. The number of nitro groups is 1. The van der Waals surface area contributed by atoms with Crippen molar-refractivity contribution in [2.24, 2.45) is 0 Å². The molecule has 0 aromatic heterocycles. The average molecular weight is 412 g/mol. The van der Waals surface area contributed by atoms with Crippen LogP contribution in [0.3, 0.4) is 0 Å². The van der Waals surface area contributed by atoms with Crippen molar-refractivity contribution in [1.29, 1.82) is 0 Å². The Morgan fingerprint density at radius 3 is 2.78 bits per heavy atom. The first-order valence-electron chi connectivity index (χ1n) is 8.11. The van der Waals surface area contributed by atoms with E-state index in [1.165, 1.54) is 19.2 Å². The maximum Gasteiger partial charge on any atom is 0.311 e. The van der Waals surface area contributed by atoms with E-state index in [1.54, 1.807) is 17.0 Å². The molecule has 1 amide bonds. The van der Waals surface area contributed by atoms with Gasteiger partial charge < -0.3 is 15.0 Å². The van der Waals surface area contributed by atoms with E-state index in [4.69, 9.17) is 16.3 Å². The van der Waals surface area contributed by atoms with Crippen molar-refractivity contribution in [1.82, 2.24) is 10.2 Å². The molecule has 7 nitrogen and oxygen atoms in total. The summed E-state index contributed by atoms with van der Waals surface area (Å²) < 4.78 is 5.00. The molecule has 3 rings (SSSR count). The number of nitrogens with one attached hydrogen (secondary N) is 1. The minimum absolute atomic E-state index is 0. The molecule has 1 aliphatic heterocycles. The number of nitrogens with zero attached hydrogens (tertiary/aromatic N) is 2. The van der Waals surface area contributed by atoms with Crippen LogP contribution in [0.25, 0.3) is 0 Å². The van der Waals surface area contributed by atoms with Crippen LogP contribution in [-0.2, 0) is 0 Å². The Labute approximate surface area is 167 Å². The largest absolute Gasteiger partial charge is 0.490 e. The second kappa shape index (κ2) is 9.03. The molecule has 1 N–H and O–H groups in total. The third-order valence-corrected chi connectivity index (χ3v) is 4.60. The second-order valence-corrected chi connectivity index (χ2v) is 6.35. The molecule has 0 radical (unpaired) electrons. The summed E-state index contributed by atoms with van der Waals surface area (Å²) in [6, 6.07) is 11.4. The Hall–Kier alpha value is -2.35. The zero-order chi connectivity index (χ0) is 18.7. The number of amides is 1. The third-order valence-electron chi connectivity index (χ3n) is 4.36. The lowest BCUT2D eigenvalue weighted by Gasteiger charge is -2.36. The highest BCUT2D eigenvalue weighted by Gasteiger charge is 2.30. The van der Waals surface area contributed by atoms with Gasteiger partial charge in [0, 0.05) is 36.3 Å². The molecule has 2 aromatic carbocycles. The van der Waals surface area contributed by atoms with E-state index < -0.39 is 4.92 Å². The molecule has 1 unspecified atom stereocenters. The van der Waals surface area contributed by atoms with E-state index in [2.05, 4.69) is 5.32 Å². The van der Waals surface area contributed by atoms with E-state index in [9.17, 15) is 14.9 Å². The number of halogens is 2. The Bertz CT molecular complexity index is 847. The van der Waals surface area contributed by atoms with Gasteiger partial charge in [-0.05, 0) is 29.8 Å².